The molecule has 0 bridgehead atoms. The Bertz CT molecular complexity index is 531. The normalized spacial score (nSPS) is 10.4. The second-order valence-corrected chi connectivity index (χ2v) is 4.75. The summed E-state index contributed by atoms with van der Waals surface area (Å²) >= 11 is 1.53. The first kappa shape index (κ1) is 12.9. The van der Waals surface area contributed by atoms with Gasteiger partial charge < -0.3 is 4.98 Å². The molecular formula is C12H20N2OS. The van der Waals surface area contributed by atoms with Gasteiger partial charge in [0.15, 0.2) is 0 Å². The summed E-state index contributed by atoms with van der Waals surface area (Å²) < 4.78 is 0.735. The van der Waals surface area contributed by atoms with E-state index in [1.165, 1.54) is 16.2 Å². The molecule has 0 aliphatic heterocycles. The van der Waals surface area contributed by atoms with Crippen LogP contribution in [0.5, 0.6) is 0 Å². The van der Waals surface area contributed by atoms with E-state index in [-0.39, 0.29) is 6.99 Å². The molecule has 2 rings (SSSR count). The molecule has 90 valence electrons. The van der Waals surface area contributed by atoms with Crippen molar-refractivity contribution in [1.82, 2.24) is 9.97 Å². The van der Waals surface area contributed by atoms with Crippen LogP contribution in [0.15, 0.2) is 10.9 Å². The Hall–Kier alpha value is -1.16. The average Bonchev–Trinajstić information content (AvgIpc) is 2.64. The maximum Gasteiger partial charge on any atom is 0.268 e. The maximum atomic E-state index is 11.6. The third-order valence-electron chi connectivity index (χ3n) is 2.09. The summed E-state index contributed by atoms with van der Waals surface area (Å²) in [4.78, 5) is 19.8. The highest BCUT2D eigenvalue weighted by atomic mass is 32.1. The molecule has 0 aliphatic carbocycles. The molecule has 0 aromatic carbocycles. The predicted molar refractivity (Wildman–Crippen MR) is 72.5 cm³/mol. The molecule has 4 heteroatoms. The van der Waals surface area contributed by atoms with E-state index >= 15 is 0 Å². The molecule has 0 atom stereocenters. The summed E-state index contributed by atoms with van der Waals surface area (Å²) in [6, 6.07) is 2.01. The Morgan fingerprint density at radius 1 is 1.44 bits per heavy atom. The first-order valence-corrected chi connectivity index (χ1v) is 6.40. The number of hydrogen-bond acceptors (Lipinski definition) is 3. The van der Waals surface area contributed by atoms with Crippen LogP contribution in [0.1, 0.15) is 45.7 Å². The smallest absolute Gasteiger partial charge is 0.268 e. The minimum absolute atomic E-state index is 0. The highest BCUT2D eigenvalue weighted by molar-refractivity contribution is 7.19. The first-order chi connectivity index (χ1) is 7.58. The standard InChI is InChI=1S/C10H12N2OS.C2H6.H2/c1-5(2)8-4-7-9(14-8)10(13)12-6(3)11-7;1-2;/h4-5H,1-3H3,(H,11,12,13);1-2H3;1H. The van der Waals surface area contributed by atoms with Crippen molar-refractivity contribution < 1.29 is 1.43 Å². The quantitative estimate of drug-likeness (QED) is 0.826. The number of nitrogens with zero attached hydrogens (tertiary/aromatic N) is 1. The number of aromatic nitrogens is 2. The van der Waals surface area contributed by atoms with E-state index in [1.807, 2.05) is 19.9 Å². The van der Waals surface area contributed by atoms with Gasteiger partial charge in [-0.2, -0.15) is 0 Å². The summed E-state index contributed by atoms with van der Waals surface area (Å²) in [6.45, 7) is 10.0. The molecule has 16 heavy (non-hydrogen) atoms. The molecule has 3 nitrogen and oxygen atoms in total. The Labute approximate surface area is 101 Å². The summed E-state index contributed by atoms with van der Waals surface area (Å²) in [7, 11) is 0. The van der Waals surface area contributed by atoms with Crippen LogP contribution < -0.4 is 5.56 Å². The van der Waals surface area contributed by atoms with Crippen molar-refractivity contribution in [2.45, 2.75) is 40.5 Å². The summed E-state index contributed by atoms with van der Waals surface area (Å²) in [5.41, 5.74) is 0.796. The topological polar surface area (TPSA) is 45.8 Å². The van der Waals surface area contributed by atoms with Gasteiger partial charge in [0, 0.05) is 6.30 Å². The highest BCUT2D eigenvalue weighted by Gasteiger charge is 2.09. The van der Waals surface area contributed by atoms with E-state index in [9.17, 15) is 4.79 Å². The van der Waals surface area contributed by atoms with Gasteiger partial charge in [-0.05, 0) is 18.9 Å². The molecule has 0 spiro atoms. The fourth-order valence-corrected chi connectivity index (χ4v) is 2.35. The predicted octanol–water partition coefficient (Wildman–Crippen LogP) is 3.69. The van der Waals surface area contributed by atoms with E-state index in [0.717, 1.165) is 10.2 Å². The van der Waals surface area contributed by atoms with Crippen molar-refractivity contribution in [3.8, 4) is 0 Å². The van der Waals surface area contributed by atoms with Crippen molar-refractivity contribution in [1.29, 1.82) is 0 Å². The van der Waals surface area contributed by atoms with Crippen LogP contribution >= 0.6 is 11.3 Å². The molecule has 1 N–H and O–H groups in total. The number of H-pyrrole nitrogens is 1. The van der Waals surface area contributed by atoms with E-state index in [2.05, 4.69) is 23.8 Å². The van der Waals surface area contributed by atoms with E-state index < -0.39 is 0 Å². The largest absolute Gasteiger partial charge is 0.310 e. The van der Waals surface area contributed by atoms with Crippen molar-refractivity contribution in [2.75, 3.05) is 0 Å². The van der Waals surface area contributed by atoms with Gasteiger partial charge in [-0.3, -0.25) is 4.79 Å². The molecule has 0 saturated carbocycles. The van der Waals surface area contributed by atoms with Crippen LogP contribution in [0, 0.1) is 6.92 Å². The third-order valence-corrected chi connectivity index (χ3v) is 3.51. The zero-order valence-electron chi connectivity index (χ0n) is 10.4. The average molecular weight is 240 g/mol. The van der Waals surface area contributed by atoms with Gasteiger partial charge in [0.05, 0.1) is 5.52 Å². The SMILES string of the molecule is CC.Cc1nc2cc(C(C)C)sc2c(=O)[nH]1.[HH]. The van der Waals surface area contributed by atoms with Gasteiger partial charge in [-0.25, -0.2) is 4.98 Å². The summed E-state index contributed by atoms with van der Waals surface area (Å²) in [6.07, 6.45) is 0. The summed E-state index contributed by atoms with van der Waals surface area (Å²) in [5.74, 6) is 1.13. The highest BCUT2D eigenvalue weighted by Crippen LogP contribution is 2.27. The number of fused-ring (bicyclic) bond motifs is 1. The van der Waals surface area contributed by atoms with E-state index in [0.29, 0.717) is 11.7 Å². The molecular weight excluding hydrogens is 220 g/mol. The summed E-state index contributed by atoms with van der Waals surface area (Å²) in [5, 5.41) is 0. The van der Waals surface area contributed by atoms with Crippen molar-refractivity contribution in [2.24, 2.45) is 0 Å². The Morgan fingerprint density at radius 3 is 2.62 bits per heavy atom. The minimum Gasteiger partial charge on any atom is -0.310 e. The monoisotopic (exact) mass is 240 g/mol. The molecule has 0 radical (unpaired) electrons. The van der Waals surface area contributed by atoms with Gasteiger partial charge in [0.1, 0.15) is 10.5 Å². The molecule has 2 aromatic heterocycles. The lowest BCUT2D eigenvalue weighted by atomic mass is 10.2. The van der Waals surface area contributed by atoms with Gasteiger partial charge in [0.25, 0.3) is 5.56 Å². The van der Waals surface area contributed by atoms with Crippen LogP contribution in [0.4, 0.5) is 0 Å². The Kier molecular flexibility index (Phi) is 4.24. The number of thiophene rings is 1. The second kappa shape index (κ2) is 5.25. The molecule has 0 saturated heterocycles. The lowest BCUT2D eigenvalue weighted by molar-refractivity contribution is 0.890. The second-order valence-electron chi connectivity index (χ2n) is 3.67. The fourth-order valence-electron chi connectivity index (χ4n) is 1.36. The molecule has 2 heterocycles. The zero-order chi connectivity index (χ0) is 12.3. The molecule has 0 aliphatic rings. The van der Waals surface area contributed by atoms with Crippen molar-refractivity contribution in [3.05, 3.63) is 27.1 Å². The third kappa shape index (κ3) is 2.50. The van der Waals surface area contributed by atoms with E-state index in [4.69, 9.17) is 0 Å². The van der Waals surface area contributed by atoms with Crippen molar-refractivity contribution >= 4 is 21.6 Å². The van der Waals surface area contributed by atoms with Crippen LogP contribution in [0.25, 0.3) is 10.2 Å². The molecule has 0 unspecified atom stereocenters. The van der Waals surface area contributed by atoms with E-state index in [1.54, 1.807) is 6.92 Å². The molecule has 2 aromatic rings. The van der Waals surface area contributed by atoms with Crippen LogP contribution in [-0.2, 0) is 0 Å². The number of rotatable bonds is 1. The lowest BCUT2D eigenvalue weighted by Gasteiger charge is -1.95. The zero-order valence-corrected chi connectivity index (χ0v) is 11.2. The van der Waals surface area contributed by atoms with Gasteiger partial charge in [-0.1, -0.05) is 27.7 Å². The number of aromatic amines is 1. The van der Waals surface area contributed by atoms with Crippen LogP contribution in [0.3, 0.4) is 0 Å². The maximum absolute atomic E-state index is 11.6. The number of hydrogen-bond donors (Lipinski definition) is 1. The lowest BCUT2D eigenvalue weighted by Crippen LogP contribution is -2.07. The van der Waals surface area contributed by atoms with Crippen LogP contribution in [-0.4, -0.2) is 9.97 Å². The van der Waals surface area contributed by atoms with Gasteiger partial charge in [0.2, 0.25) is 0 Å². The van der Waals surface area contributed by atoms with Crippen molar-refractivity contribution in [3.63, 3.8) is 0 Å². The van der Waals surface area contributed by atoms with Gasteiger partial charge >= 0.3 is 0 Å². The fraction of sp³-hybridized carbons (Fsp3) is 0.500. The number of aryl methyl sites for hydroxylation is 1. The van der Waals surface area contributed by atoms with Gasteiger partial charge in [-0.15, -0.1) is 11.3 Å². The Balaban J connectivity index is 0.000000811. The Morgan fingerprint density at radius 2 is 2.06 bits per heavy atom. The molecule has 0 amide bonds. The molecule has 0 fully saturated rings. The minimum atomic E-state index is -0.0237. The number of nitrogens with one attached hydrogen (secondary N) is 1. The first-order valence-electron chi connectivity index (χ1n) is 5.58. The van der Waals surface area contributed by atoms with Crippen LogP contribution in [0.2, 0.25) is 0 Å².